The Balaban J connectivity index is 1.62. The van der Waals surface area contributed by atoms with Gasteiger partial charge in [0.15, 0.2) is 0 Å². The van der Waals surface area contributed by atoms with Gasteiger partial charge >= 0.3 is 0 Å². The lowest BCUT2D eigenvalue weighted by atomic mass is 10.1. The van der Waals surface area contributed by atoms with E-state index in [9.17, 15) is 0 Å². The number of ether oxygens (including phenoxy) is 1. The number of likely N-dealkylation sites (N-methyl/N-ethyl adjacent to an activating group) is 1. The zero-order valence-electron chi connectivity index (χ0n) is 13.2. The highest BCUT2D eigenvalue weighted by atomic mass is 35.5. The van der Waals surface area contributed by atoms with Crippen LogP contribution in [0.1, 0.15) is 6.92 Å². The molecule has 0 heterocycles. The van der Waals surface area contributed by atoms with Gasteiger partial charge in [-0.05, 0) is 48.0 Å². The van der Waals surface area contributed by atoms with Gasteiger partial charge in [0.25, 0.3) is 0 Å². The lowest BCUT2D eigenvalue weighted by Crippen LogP contribution is -2.28. The maximum atomic E-state index is 6.07. The lowest BCUT2D eigenvalue weighted by Gasteiger charge is -2.23. The third-order valence-electron chi connectivity index (χ3n) is 3.91. The first-order chi connectivity index (χ1) is 11.3. The van der Waals surface area contributed by atoms with Gasteiger partial charge in [0.1, 0.15) is 12.4 Å². The van der Waals surface area contributed by atoms with Gasteiger partial charge in [-0.1, -0.05) is 48.0 Å². The highest BCUT2D eigenvalue weighted by Gasteiger charge is 2.05. The summed E-state index contributed by atoms with van der Waals surface area (Å²) < 4.78 is 5.92. The van der Waals surface area contributed by atoms with Crippen molar-refractivity contribution in [3.05, 3.63) is 71.8 Å². The largest absolute Gasteiger partial charge is 0.492 e. The van der Waals surface area contributed by atoms with Crippen LogP contribution in [0.4, 0.5) is 5.69 Å². The summed E-state index contributed by atoms with van der Waals surface area (Å²) in [6.07, 6.45) is 0. The minimum atomic E-state index is 0.638. The molecule has 0 aliphatic heterocycles. The molecule has 0 aliphatic carbocycles. The minimum absolute atomic E-state index is 0.638. The standard InChI is InChI=1S/C20H20ClNO/c1-2-22(19-9-5-8-18(21)15-19)12-13-23-20-11-10-16-6-3-4-7-17(16)14-20/h3-11,14-15H,2,12-13H2,1H3. The van der Waals surface area contributed by atoms with Crippen LogP contribution in [0, 0.1) is 0 Å². The predicted octanol–water partition coefficient (Wildman–Crippen LogP) is 5.40. The number of hydrogen-bond acceptors (Lipinski definition) is 2. The molecule has 0 aromatic heterocycles. The molecule has 2 nitrogen and oxygen atoms in total. The molecular formula is C20H20ClNO. The van der Waals surface area contributed by atoms with Crippen molar-refractivity contribution in [2.24, 2.45) is 0 Å². The van der Waals surface area contributed by atoms with Crippen molar-refractivity contribution in [2.45, 2.75) is 6.92 Å². The van der Waals surface area contributed by atoms with Gasteiger partial charge in [-0.25, -0.2) is 0 Å². The zero-order valence-corrected chi connectivity index (χ0v) is 14.0. The Bertz CT molecular complexity index is 787. The summed E-state index contributed by atoms with van der Waals surface area (Å²) in [5, 5.41) is 3.19. The first-order valence-corrected chi connectivity index (χ1v) is 8.26. The summed E-state index contributed by atoms with van der Waals surface area (Å²) in [6.45, 7) is 4.51. The fraction of sp³-hybridized carbons (Fsp3) is 0.200. The fourth-order valence-corrected chi connectivity index (χ4v) is 2.86. The van der Waals surface area contributed by atoms with Crippen LogP contribution in [-0.4, -0.2) is 19.7 Å². The van der Waals surface area contributed by atoms with Gasteiger partial charge in [-0.15, -0.1) is 0 Å². The Morgan fingerprint density at radius 1 is 0.913 bits per heavy atom. The van der Waals surface area contributed by atoms with E-state index >= 15 is 0 Å². The first kappa shape index (κ1) is 15.7. The van der Waals surface area contributed by atoms with E-state index < -0.39 is 0 Å². The van der Waals surface area contributed by atoms with Crippen LogP contribution in [-0.2, 0) is 0 Å². The summed E-state index contributed by atoms with van der Waals surface area (Å²) in [7, 11) is 0. The number of benzene rings is 3. The summed E-state index contributed by atoms with van der Waals surface area (Å²) in [6, 6.07) is 22.4. The van der Waals surface area contributed by atoms with Gasteiger partial charge in [-0.2, -0.15) is 0 Å². The van der Waals surface area contributed by atoms with E-state index in [0.29, 0.717) is 6.61 Å². The van der Waals surface area contributed by atoms with Crippen molar-refractivity contribution in [1.82, 2.24) is 0 Å². The molecule has 0 saturated heterocycles. The summed E-state index contributed by atoms with van der Waals surface area (Å²) in [5.74, 6) is 0.908. The van der Waals surface area contributed by atoms with Crippen molar-refractivity contribution in [1.29, 1.82) is 0 Å². The van der Waals surface area contributed by atoms with Crippen LogP contribution in [0.15, 0.2) is 66.7 Å². The van der Waals surface area contributed by atoms with E-state index in [-0.39, 0.29) is 0 Å². The molecule has 0 N–H and O–H groups in total. The molecule has 0 radical (unpaired) electrons. The number of nitrogens with zero attached hydrogens (tertiary/aromatic N) is 1. The van der Waals surface area contributed by atoms with Crippen molar-refractivity contribution in [3.8, 4) is 5.75 Å². The monoisotopic (exact) mass is 325 g/mol. The van der Waals surface area contributed by atoms with Crippen LogP contribution in [0.3, 0.4) is 0 Å². The second kappa shape index (κ2) is 7.38. The Morgan fingerprint density at radius 3 is 2.52 bits per heavy atom. The fourth-order valence-electron chi connectivity index (χ4n) is 2.67. The molecule has 23 heavy (non-hydrogen) atoms. The molecule has 3 aromatic rings. The van der Waals surface area contributed by atoms with Crippen molar-refractivity contribution in [2.75, 3.05) is 24.6 Å². The molecule has 0 spiro atoms. The van der Waals surface area contributed by atoms with Gasteiger partial charge in [-0.3, -0.25) is 0 Å². The van der Waals surface area contributed by atoms with Crippen LogP contribution in [0.25, 0.3) is 10.8 Å². The van der Waals surface area contributed by atoms with Crippen LogP contribution < -0.4 is 9.64 Å². The second-order valence-corrected chi connectivity index (χ2v) is 5.85. The molecule has 3 rings (SSSR count). The molecule has 0 unspecified atom stereocenters. The van der Waals surface area contributed by atoms with E-state index in [1.807, 2.05) is 36.4 Å². The molecule has 0 saturated carbocycles. The molecule has 0 atom stereocenters. The second-order valence-electron chi connectivity index (χ2n) is 5.42. The maximum absolute atomic E-state index is 6.07. The predicted molar refractivity (Wildman–Crippen MR) is 98.8 cm³/mol. The lowest BCUT2D eigenvalue weighted by molar-refractivity contribution is 0.324. The number of halogens is 1. The van der Waals surface area contributed by atoms with E-state index in [2.05, 4.69) is 42.2 Å². The molecule has 0 aliphatic rings. The average molecular weight is 326 g/mol. The smallest absolute Gasteiger partial charge is 0.120 e. The Labute approximate surface area is 142 Å². The van der Waals surface area contributed by atoms with E-state index in [4.69, 9.17) is 16.3 Å². The summed E-state index contributed by atoms with van der Waals surface area (Å²) in [4.78, 5) is 2.26. The van der Waals surface area contributed by atoms with Gasteiger partial charge in [0.05, 0.1) is 6.54 Å². The quantitative estimate of drug-likeness (QED) is 0.601. The average Bonchev–Trinajstić information content (AvgIpc) is 2.58. The number of rotatable bonds is 6. The molecule has 0 amide bonds. The van der Waals surface area contributed by atoms with E-state index in [1.54, 1.807) is 0 Å². The first-order valence-electron chi connectivity index (χ1n) is 7.88. The molecule has 0 fully saturated rings. The highest BCUT2D eigenvalue weighted by molar-refractivity contribution is 6.30. The molecule has 118 valence electrons. The van der Waals surface area contributed by atoms with Crippen molar-refractivity contribution in [3.63, 3.8) is 0 Å². The molecule has 3 aromatic carbocycles. The van der Waals surface area contributed by atoms with Crippen LogP contribution in [0.2, 0.25) is 5.02 Å². The van der Waals surface area contributed by atoms with Crippen molar-refractivity contribution < 1.29 is 4.74 Å². The molecule has 3 heteroatoms. The number of fused-ring (bicyclic) bond motifs is 1. The number of hydrogen-bond donors (Lipinski definition) is 0. The molecule has 0 bridgehead atoms. The summed E-state index contributed by atoms with van der Waals surface area (Å²) >= 11 is 6.07. The minimum Gasteiger partial charge on any atom is -0.492 e. The SMILES string of the molecule is CCN(CCOc1ccc2ccccc2c1)c1cccc(Cl)c1. The Kier molecular flexibility index (Phi) is 5.04. The van der Waals surface area contributed by atoms with E-state index in [1.165, 1.54) is 10.8 Å². The zero-order chi connectivity index (χ0) is 16.1. The van der Waals surface area contributed by atoms with Crippen molar-refractivity contribution >= 4 is 28.1 Å². The van der Waals surface area contributed by atoms with Crippen LogP contribution >= 0.6 is 11.6 Å². The summed E-state index contributed by atoms with van der Waals surface area (Å²) in [5.41, 5.74) is 1.13. The maximum Gasteiger partial charge on any atom is 0.120 e. The third-order valence-corrected chi connectivity index (χ3v) is 4.14. The topological polar surface area (TPSA) is 12.5 Å². The highest BCUT2D eigenvalue weighted by Crippen LogP contribution is 2.21. The van der Waals surface area contributed by atoms with Gasteiger partial charge in [0.2, 0.25) is 0 Å². The van der Waals surface area contributed by atoms with Gasteiger partial charge < -0.3 is 9.64 Å². The number of anilines is 1. The normalized spacial score (nSPS) is 10.7. The van der Waals surface area contributed by atoms with Crippen LogP contribution in [0.5, 0.6) is 5.75 Å². The van der Waals surface area contributed by atoms with Gasteiger partial charge in [0, 0.05) is 17.3 Å². The third kappa shape index (κ3) is 3.96. The Morgan fingerprint density at radius 2 is 1.74 bits per heavy atom. The van der Waals surface area contributed by atoms with E-state index in [0.717, 1.165) is 29.5 Å². The Hall–Kier alpha value is -2.19. The molecular weight excluding hydrogens is 306 g/mol.